The third-order valence-electron chi connectivity index (χ3n) is 2.71. The molecule has 106 valence electrons. The first kappa shape index (κ1) is 14.8. The van der Waals surface area contributed by atoms with Crippen LogP contribution < -0.4 is 10.1 Å². The van der Waals surface area contributed by atoms with Gasteiger partial charge in [-0.15, -0.1) is 11.8 Å². The number of nitrogens with zero attached hydrogens (tertiary/aromatic N) is 2. The number of benzene rings is 1. The number of para-hydroxylation sites is 1. The lowest BCUT2D eigenvalue weighted by Gasteiger charge is -2.08. The number of hydrogen-bond donors (Lipinski definition) is 1. The van der Waals surface area contributed by atoms with Crippen molar-refractivity contribution in [1.29, 1.82) is 0 Å². The van der Waals surface area contributed by atoms with Crippen molar-refractivity contribution in [2.24, 2.45) is 0 Å². The molecule has 5 heteroatoms. The molecule has 0 radical (unpaired) electrons. The number of aromatic nitrogens is 2. The average molecular weight is 289 g/mol. The number of ether oxygens (including phenoxy) is 1. The van der Waals surface area contributed by atoms with Gasteiger partial charge in [-0.1, -0.05) is 19.1 Å². The lowest BCUT2D eigenvalue weighted by molar-refractivity contribution is 0.431. The third kappa shape index (κ3) is 4.21. The predicted octanol–water partition coefficient (Wildman–Crippen LogP) is 3.49. The zero-order chi connectivity index (χ0) is 14.2. The van der Waals surface area contributed by atoms with Crippen molar-refractivity contribution in [3.63, 3.8) is 0 Å². The minimum Gasteiger partial charge on any atom is -0.423 e. The van der Waals surface area contributed by atoms with E-state index in [0.29, 0.717) is 6.01 Å². The summed E-state index contributed by atoms with van der Waals surface area (Å²) in [6.45, 7) is 3.93. The van der Waals surface area contributed by atoms with E-state index in [1.165, 1.54) is 0 Å². The summed E-state index contributed by atoms with van der Waals surface area (Å²) in [5.41, 5.74) is 1.06. The summed E-state index contributed by atoms with van der Waals surface area (Å²) in [6, 6.07) is 8.25. The highest BCUT2D eigenvalue weighted by molar-refractivity contribution is 7.98. The van der Waals surface area contributed by atoms with Gasteiger partial charge in [-0.05, 0) is 31.4 Å². The summed E-state index contributed by atoms with van der Waals surface area (Å²) in [5.74, 6) is 0.789. The predicted molar refractivity (Wildman–Crippen MR) is 82.3 cm³/mol. The third-order valence-corrected chi connectivity index (χ3v) is 3.48. The van der Waals surface area contributed by atoms with E-state index in [1.54, 1.807) is 24.2 Å². The molecule has 0 bridgehead atoms. The normalized spacial score (nSPS) is 10.5. The summed E-state index contributed by atoms with van der Waals surface area (Å²) >= 11 is 1.64. The van der Waals surface area contributed by atoms with Crippen molar-refractivity contribution in [3.8, 4) is 11.8 Å². The summed E-state index contributed by atoms with van der Waals surface area (Å²) < 4.78 is 5.72. The van der Waals surface area contributed by atoms with E-state index in [0.717, 1.165) is 35.7 Å². The van der Waals surface area contributed by atoms with Gasteiger partial charge in [-0.2, -0.15) is 0 Å². The molecule has 4 nitrogen and oxygen atoms in total. The number of thioether (sulfide) groups is 1. The first-order valence-electron chi connectivity index (χ1n) is 6.66. The van der Waals surface area contributed by atoms with Crippen LogP contribution in [-0.4, -0.2) is 22.8 Å². The lowest BCUT2D eigenvalue weighted by Crippen LogP contribution is -2.14. The maximum atomic E-state index is 5.72. The van der Waals surface area contributed by atoms with Crippen LogP contribution in [-0.2, 0) is 6.54 Å². The number of hydrogen-bond acceptors (Lipinski definition) is 5. The fraction of sp³-hybridized carbons (Fsp3) is 0.333. The van der Waals surface area contributed by atoms with Gasteiger partial charge in [-0.25, -0.2) is 9.97 Å². The van der Waals surface area contributed by atoms with Crippen molar-refractivity contribution in [2.75, 3.05) is 12.8 Å². The molecule has 0 unspecified atom stereocenters. The first-order valence-corrected chi connectivity index (χ1v) is 7.88. The van der Waals surface area contributed by atoms with Crippen LogP contribution in [0, 0.1) is 0 Å². The highest BCUT2D eigenvalue weighted by atomic mass is 32.2. The van der Waals surface area contributed by atoms with Crippen LogP contribution in [0.15, 0.2) is 41.6 Å². The van der Waals surface area contributed by atoms with Crippen molar-refractivity contribution < 1.29 is 4.74 Å². The maximum Gasteiger partial charge on any atom is 0.321 e. The van der Waals surface area contributed by atoms with Crippen LogP contribution in [0.1, 0.15) is 18.9 Å². The van der Waals surface area contributed by atoms with Crippen LogP contribution >= 0.6 is 11.8 Å². The Labute approximate surface area is 124 Å². The molecular formula is C15H19N3OS. The molecule has 1 heterocycles. The van der Waals surface area contributed by atoms with Crippen LogP contribution in [0.5, 0.6) is 11.8 Å². The topological polar surface area (TPSA) is 47.0 Å². The molecule has 2 aromatic rings. The molecule has 0 aliphatic carbocycles. The van der Waals surface area contributed by atoms with Gasteiger partial charge in [0.1, 0.15) is 5.75 Å². The number of rotatable bonds is 7. The van der Waals surface area contributed by atoms with Crippen LogP contribution in [0.25, 0.3) is 0 Å². The van der Waals surface area contributed by atoms with Crippen molar-refractivity contribution in [2.45, 2.75) is 24.8 Å². The van der Waals surface area contributed by atoms with Gasteiger partial charge in [0.25, 0.3) is 0 Å². The molecule has 0 amide bonds. The quantitative estimate of drug-likeness (QED) is 0.624. The molecule has 0 saturated heterocycles. The minimum absolute atomic E-state index is 0.380. The molecular weight excluding hydrogens is 270 g/mol. The molecule has 0 atom stereocenters. The monoisotopic (exact) mass is 289 g/mol. The molecule has 1 N–H and O–H groups in total. The van der Waals surface area contributed by atoms with Gasteiger partial charge in [0.2, 0.25) is 0 Å². The molecule has 0 aliphatic heterocycles. The molecule has 1 aromatic heterocycles. The Morgan fingerprint density at radius 3 is 2.65 bits per heavy atom. The first-order chi connectivity index (χ1) is 9.83. The molecule has 2 rings (SSSR count). The Hall–Kier alpha value is -1.59. The standard InChI is InChI=1S/C15H19N3OS/c1-3-8-16-9-12-10-17-15(18-11-12)19-13-6-4-5-7-14(13)20-2/h4-7,10-11,16H,3,8-9H2,1-2H3. The van der Waals surface area contributed by atoms with Crippen molar-refractivity contribution in [3.05, 3.63) is 42.2 Å². The van der Waals surface area contributed by atoms with Crippen LogP contribution in [0.4, 0.5) is 0 Å². The van der Waals surface area contributed by atoms with E-state index in [2.05, 4.69) is 22.2 Å². The van der Waals surface area contributed by atoms with Crippen LogP contribution in [0.3, 0.4) is 0 Å². The fourth-order valence-electron chi connectivity index (χ4n) is 1.70. The Balaban J connectivity index is 1.99. The number of nitrogens with one attached hydrogen (secondary N) is 1. The molecule has 1 aromatic carbocycles. The summed E-state index contributed by atoms with van der Waals surface area (Å²) in [7, 11) is 0. The van der Waals surface area contributed by atoms with Gasteiger partial charge in [-0.3, -0.25) is 0 Å². The van der Waals surface area contributed by atoms with Crippen molar-refractivity contribution in [1.82, 2.24) is 15.3 Å². The largest absolute Gasteiger partial charge is 0.423 e. The Bertz CT molecular complexity index is 531. The second-order valence-corrected chi connectivity index (χ2v) is 5.15. The Morgan fingerprint density at radius 2 is 1.95 bits per heavy atom. The van der Waals surface area contributed by atoms with E-state index in [9.17, 15) is 0 Å². The van der Waals surface area contributed by atoms with Gasteiger partial charge in [0.15, 0.2) is 0 Å². The summed E-state index contributed by atoms with van der Waals surface area (Å²) in [5, 5.41) is 3.31. The molecule has 0 aliphatic rings. The SMILES string of the molecule is CCCNCc1cnc(Oc2ccccc2SC)nc1. The van der Waals surface area contributed by atoms with Crippen LogP contribution in [0.2, 0.25) is 0 Å². The molecule has 0 spiro atoms. The van der Waals surface area contributed by atoms with E-state index >= 15 is 0 Å². The Morgan fingerprint density at radius 1 is 1.20 bits per heavy atom. The van der Waals surface area contributed by atoms with Gasteiger partial charge >= 0.3 is 6.01 Å². The zero-order valence-corrected chi connectivity index (χ0v) is 12.6. The highest BCUT2D eigenvalue weighted by Gasteiger charge is 2.05. The lowest BCUT2D eigenvalue weighted by atomic mass is 10.3. The van der Waals surface area contributed by atoms with E-state index in [1.807, 2.05) is 30.5 Å². The molecule has 20 heavy (non-hydrogen) atoms. The van der Waals surface area contributed by atoms with E-state index in [-0.39, 0.29) is 0 Å². The second kappa shape index (κ2) is 7.87. The van der Waals surface area contributed by atoms with Gasteiger partial charge in [0.05, 0.1) is 0 Å². The Kier molecular flexibility index (Phi) is 5.83. The smallest absolute Gasteiger partial charge is 0.321 e. The average Bonchev–Trinajstić information content (AvgIpc) is 2.50. The molecule has 0 saturated carbocycles. The van der Waals surface area contributed by atoms with Crippen molar-refractivity contribution >= 4 is 11.8 Å². The van der Waals surface area contributed by atoms with Gasteiger partial charge in [0, 0.05) is 29.4 Å². The van der Waals surface area contributed by atoms with E-state index in [4.69, 9.17) is 4.74 Å². The summed E-state index contributed by atoms with van der Waals surface area (Å²) in [4.78, 5) is 9.56. The van der Waals surface area contributed by atoms with Gasteiger partial charge < -0.3 is 10.1 Å². The van der Waals surface area contributed by atoms with E-state index < -0.39 is 0 Å². The summed E-state index contributed by atoms with van der Waals surface area (Å²) in [6.07, 6.45) is 6.73. The minimum atomic E-state index is 0.380. The fourth-order valence-corrected chi connectivity index (χ4v) is 2.22. The highest BCUT2D eigenvalue weighted by Crippen LogP contribution is 2.29. The second-order valence-electron chi connectivity index (χ2n) is 4.30. The maximum absolute atomic E-state index is 5.72. The molecule has 0 fully saturated rings. The zero-order valence-electron chi connectivity index (χ0n) is 11.8.